The van der Waals surface area contributed by atoms with E-state index in [2.05, 4.69) is 22.0 Å². The number of rotatable bonds is 8. The highest BCUT2D eigenvalue weighted by molar-refractivity contribution is 7.07. The van der Waals surface area contributed by atoms with E-state index in [4.69, 9.17) is 14.2 Å². The van der Waals surface area contributed by atoms with Crippen molar-refractivity contribution in [1.29, 1.82) is 0 Å². The maximum Gasteiger partial charge on any atom is 0.338 e. The number of allylic oxidation sites excluding steroid dienone is 1. The van der Waals surface area contributed by atoms with Crippen LogP contribution in [0.2, 0.25) is 0 Å². The number of nitrogens with zero attached hydrogens (tertiary/aromatic N) is 3. The number of fused-ring (bicyclic) bond motifs is 1. The van der Waals surface area contributed by atoms with Crippen molar-refractivity contribution in [2.45, 2.75) is 39.7 Å². The summed E-state index contributed by atoms with van der Waals surface area (Å²) in [6, 6.07) is 13.0. The number of carbonyl (C=O) groups excluding carboxylic acids is 1. The van der Waals surface area contributed by atoms with E-state index in [0.717, 1.165) is 18.7 Å². The Morgan fingerprint density at radius 1 is 1.08 bits per heavy atom. The van der Waals surface area contributed by atoms with E-state index in [1.807, 2.05) is 37.3 Å². The molecule has 2 aliphatic heterocycles. The van der Waals surface area contributed by atoms with Gasteiger partial charge in [0.1, 0.15) is 0 Å². The molecule has 204 valence electrons. The molecule has 2 aromatic carbocycles. The number of aromatic nitrogens is 1. The number of esters is 1. The Labute approximate surface area is 231 Å². The van der Waals surface area contributed by atoms with Crippen LogP contribution in [0, 0.1) is 0 Å². The topological polar surface area (TPSA) is 82.4 Å². The number of hydrogen-bond donors (Lipinski definition) is 0. The second-order valence-electron chi connectivity index (χ2n) is 9.43. The van der Waals surface area contributed by atoms with E-state index in [0.29, 0.717) is 44.3 Å². The quantitative estimate of drug-likeness (QED) is 0.399. The molecule has 3 heterocycles. The first-order chi connectivity index (χ1) is 18.9. The summed E-state index contributed by atoms with van der Waals surface area (Å²) >= 11 is 1.31. The van der Waals surface area contributed by atoms with Crippen molar-refractivity contribution in [3.8, 4) is 11.5 Å². The van der Waals surface area contributed by atoms with Gasteiger partial charge < -0.3 is 19.1 Å². The number of carbonyl (C=O) groups is 1. The molecule has 3 aromatic rings. The SMILES string of the molecule is CCOC(=O)C1=C(C)N=c2s/c(=C/c3ccc(N4CCCC4)cc3)c(=O)n2[C@@H]1c1ccc(OC)c(OCC)c1. The summed E-state index contributed by atoms with van der Waals surface area (Å²) in [5.41, 5.74) is 3.48. The van der Waals surface area contributed by atoms with Crippen LogP contribution < -0.4 is 29.3 Å². The van der Waals surface area contributed by atoms with E-state index >= 15 is 0 Å². The smallest absolute Gasteiger partial charge is 0.338 e. The van der Waals surface area contributed by atoms with Crippen molar-refractivity contribution < 1.29 is 19.0 Å². The average Bonchev–Trinajstić information content (AvgIpc) is 3.57. The van der Waals surface area contributed by atoms with Crippen LogP contribution in [0.3, 0.4) is 0 Å². The van der Waals surface area contributed by atoms with Crippen molar-refractivity contribution in [1.82, 2.24) is 4.57 Å². The van der Waals surface area contributed by atoms with Crippen molar-refractivity contribution >= 4 is 29.1 Å². The van der Waals surface area contributed by atoms with Crippen LogP contribution in [0.5, 0.6) is 11.5 Å². The highest BCUT2D eigenvalue weighted by atomic mass is 32.1. The van der Waals surface area contributed by atoms with Gasteiger partial charge in [-0.1, -0.05) is 29.5 Å². The minimum atomic E-state index is -0.717. The van der Waals surface area contributed by atoms with Gasteiger partial charge in [0.2, 0.25) is 0 Å². The normalized spacial score (nSPS) is 17.2. The predicted molar refractivity (Wildman–Crippen MR) is 152 cm³/mol. The zero-order valence-electron chi connectivity index (χ0n) is 22.7. The molecule has 0 spiro atoms. The molecule has 0 unspecified atom stereocenters. The summed E-state index contributed by atoms with van der Waals surface area (Å²) in [7, 11) is 1.58. The molecule has 2 aliphatic rings. The Morgan fingerprint density at radius 2 is 1.82 bits per heavy atom. The Bertz CT molecular complexity index is 1580. The third-order valence-corrected chi connectivity index (χ3v) is 7.97. The minimum Gasteiger partial charge on any atom is -0.493 e. The van der Waals surface area contributed by atoms with Crippen LogP contribution in [0.15, 0.2) is 63.5 Å². The molecule has 0 amide bonds. The van der Waals surface area contributed by atoms with E-state index in [1.54, 1.807) is 31.6 Å². The van der Waals surface area contributed by atoms with Crippen LogP contribution in [0.4, 0.5) is 5.69 Å². The minimum absolute atomic E-state index is 0.213. The predicted octanol–water partition coefficient (Wildman–Crippen LogP) is 3.81. The third-order valence-electron chi connectivity index (χ3n) is 6.98. The maximum atomic E-state index is 13.9. The molecule has 39 heavy (non-hydrogen) atoms. The van der Waals surface area contributed by atoms with Gasteiger partial charge in [-0.2, -0.15) is 0 Å². The van der Waals surface area contributed by atoms with E-state index in [9.17, 15) is 9.59 Å². The highest BCUT2D eigenvalue weighted by Crippen LogP contribution is 2.36. The fourth-order valence-electron chi connectivity index (χ4n) is 5.15. The lowest BCUT2D eigenvalue weighted by atomic mass is 9.95. The van der Waals surface area contributed by atoms with Crippen LogP contribution >= 0.6 is 11.3 Å². The van der Waals surface area contributed by atoms with Gasteiger partial charge in [-0.25, -0.2) is 9.79 Å². The van der Waals surface area contributed by atoms with E-state index < -0.39 is 12.0 Å². The number of thiazole rings is 1. The van der Waals surface area contributed by atoms with E-state index in [1.165, 1.54) is 29.9 Å². The molecule has 0 saturated carbocycles. The molecule has 0 aliphatic carbocycles. The molecule has 8 nitrogen and oxygen atoms in total. The Kier molecular flexibility index (Phi) is 7.88. The van der Waals surface area contributed by atoms with E-state index in [-0.39, 0.29) is 12.2 Å². The molecular weight excluding hydrogens is 514 g/mol. The Hall–Kier alpha value is -3.85. The lowest BCUT2D eigenvalue weighted by molar-refractivity contribution is -0.139. The summed E-state index contributed by atoms with van der Waals surface area (Å²) in [6.45, 7) is 8.24. The first-order valence-electron chi connectivity index (χ1n) is 13.3. The molecule has 1 aromatic heterocycles. The zero-order valence-corrected chi connectivity index (χ0v) is 23.5. The second-order valence-corrected chi connectivity index (χ2v) is 10.4. The van der Waals surface area contributed by atoms with Gasteiger partial charge in [-0.15, -0.1) is 0 Å². The van der Waals surface area contributed by atoms with Gasteiger partial charge in [-0.05, 0) is 75.1 Å². The van der Waals surface area contributed by atoms with Gasteiger partial charge in [0.25, 0.3) is 5.56 Å². The Morgan fingerprint density at radius 3 is 2.49 bits per heavy atom. The first-order valence-corrected chi connectivity index (χ1v) is 14.1. The largest absolute Gasteiger partial charge is 0.493 e. The fraction of sp³-hybridized carbons (Fsp3) is 0.367. The lowest BCUT2D eigenvalue weighted by Gasteiger charge is -2.25. The maximum absolute atomic E-state index is 13.9. The van der Waals surface area contributed by atoms with Crippen molar-refractivity contribution in [2.24, 2.45) is 4.99 Å². The molecule has 0 bridgehead atoms. The summed E-state index contributed by atoms with van der Waals surface area (Å²) in [5, 5.41) is 0. The molecule has 1 fully saturated rings. The average molecular weight is 548 g/mol. The van der Waals surface area contributed by atoms with Crippen LogP contribution in [0.25, 0.3) is 6.08 Å². The summed E-state index contributed by atoms with van der Waals surface area (Å²) < 4.78 is 18.8. The number of ether oxygens (including phenoxy) is 3. The molecular formula is C30H33N3O5S. The van der Waals surface area contributed by atoms with Gasteiger partial charge in [0, 0.05) is 18.8 Å². The van der Waals surface area contributed by atoms with Gasteiger partial charge in [-0.3, -0.25) is 9.36 Å². The summed E-state index contributed by atoms with van der Waals surface area (Å²) in [5.74, 6) is 0.615. The molecule has 5 rings (SSSR count). The number of methoxy groups -OCH3 is 1. The lowest BCUT2D eigenvalue weighted by Crippen LogP contribution is -2.40. The number of hydrogen-bond acceptors (Lipinski definition) is 8. The molecule has 0 radical (unpaired) electrons. The third kappa shape index (κ3) is 5.23. The molecule has 1 saturated heterocycles. The summed E-state index contributed by atoms with van der Waals surface area (Å²) in [4.78, 5) is 34.6. The van der Waals surface area contributed by atoms with Gasteiger partial charge >= 0.3 is 5.97 Å². The van der Waals surface area contributed by atoms with Crippen molar-refractivity contribution in [3.63, 3.8) is 0 Å². The number of anilines is 1. The second kappa shape index (κ2) is 11.5. The van der Waals surface area contributed by atoms with Crippen molar-refractivity contribution in [3.05, 3.63) is 84.5 Å². The highest BCUT2D eigenvalue weighted by Gasteiger charge is 2.34. The summed E-state index contributed by atoms with van der Waals surface area (Å²) in [6.07, 6.45) is 4.33. The van der Waals surface area contributed by atoms with Gasteiger partial charge in [0.15, 0.2) is 16.3 Å². The molecule has 0 N–H and O–H groups in total. The van der Waals surface area contributed by atoms with Crippen molar-refractivity contribution in [2.75, 3.05) is 38.3 Å². The molecule has 1 atom stereocenters. The van der Waals surface area contributed by atoms with Gasteiger partial charge in [0.05, 0.1) is 42.2 Å². The first kappa shape index (κ1) is 26.7. The molecule has 9 heteroatoms. The standard InChI is InChI=1S/C30H33N3O5S/c1-5-37-24-18-21(11-14-23(24)36-4)27-26(29(35)38-6-2)19(3)31-30-33(27)28(34)25(39-30)17-20-9-12-22(13-10-20)32-15-7-8-16-32/h9-14,17-18,27H,5-8,15-16H2,1-4H3/b25-17+/t27-/m1/s1. The van der Waals surface area contributed by atoms with Crippen LogP contribution in [0.1, 0.15) is 50.8 Å². The number of benzene rings is 2. The Balaban J connectivity index is 1.63. The fourth-order valence-corrected chi connectivity index (χ4v) is 6.19. The van der Waals surface area contributed by atoms with Crippen LogP contribution in [-0.4, -0.2) is 43.9 Å². The monoisotopic (exact) mass is 547 g/mol. The zero-order chi connectivity index (χ0) is 27.5. The van der Waals surface area contributed by atoms with Crippen LogP contribution in [-0.2, 0) is 9.53 Å².